The number of carbonyl (C=O) groups excluding carboxylic acids is 4. The fourth-order valence-corrected chi connectivity index (χ4v) is 6.50. The van der Waals surface area contributed by atoms with Crippen molar-refractivity contribution < 1.29 is 57.4 Å². The number of carbonyl (C=O) groups is 4. The molecule has 1 heterocycles. The van der Waals surface area contributed by atoms with Crippen molar-refractivity contribution in [3.8, 4) is 0 Å². The Morgan fingerprint density at radius 2 is 1.35 bits per heavy atom. The summed E-state index contributed by atoms with van der Waals surface area (Å²) in [5, 5.41) is 51.2. The molecule has 15 nitrogen and oxygen atoms in total. The van der Waals surface area contributed by atoms with E-state index in [1.165, 1.54) is 18.6 Å². The van der Waals surface area contributed by atoms with Gasteiger partial charge in [-0.1, -0.05) is 19.3 Å². The van der Waals surface area contributed by atoms with Crippen molar-refractivity contribution in [3.05, 3.63) is 0 Å². The number of thioether (sulfide) groups is 1. The summed E-state index contributed by atoms with van der Waals surface area (Å²) in [7, 11) is -0.734. The molecule has 0 bridgehead atoms. The maximum atomic E-state index is 12.7. The zero-order valence-corrected chi connectivity index (χ0v) is 30.9. The Hall–Kier alpha value is -2.20. The lowest BCUT2D eigenvalue weighted by atomic mass is 9.89. The van der Waals surface area contributed by atoms with Gasteiger partial charge in [0.1, 0.15) is 29.8 Å². The third-order valence-electron chi connectivity index (χ3n) is 8.37. The third kappa shape index (κ3) is 21.5. The first-order chi connectivity index (χ1) is 24.7. The zero-order chi connectivity index (χ0) is 38.9. The number of aliphatic hydroxyl groups is 3. The van der Waals surface area contributed by atoms with E-state index < -0.39 is 67.5 Å². The van der Waals surface area contributed by atoms with Gasteiger partial charge >= 0.3 is 19.1 Å². The number of nitrogens with two attached hydrogens (primary N) is 1. The second kappa shape index (κ2) is 27.4. The van der Waals surface area contributed by atoms with Crippen LogP contribution in [0.3, 0.4) is 0 Å². The third-order valence-corrected chi connectivity index (χ3v) is 9.65. The number of alkyl halides is 3. The molecule has 0 aliphatic carbocycles. The van der Waals surface area contributed by atoms with Gasteiger partial charge in [-0.25, -0.2) is 0 Å². The van der Waals surface area contributed by atoms with E-state index in [-0.39, 0.29) is 24.8 Å². The molecule has 302 valence electrons. The van der Waals surface area contributed by atoms with Crippen LogP contribution in [0.5, 0.6) is 0 Å². The molecule has 1 saturated heterocycles. The maximum absolute atomic E-state index is 12.7. The number of rotatable bonds is 28. The van der Waals surface area contributed by atoms with E-state index in [1.807, 2.05) is 0 Å². The summed E-state index contributed by atoms with van der Waals surface area (Å²) in [6, 6.07) is -2.09. The van der Waals surface area contributed by atoms with Gasteiger partial charge in [0.25, 0.3) is 0 Å². The molecule has 11 N–H and O–H groups in total. The molecule has 0 aromatic rings. The monoisotopic (exact) mass is 772 g/mol. The average Bonchev–Trinajstić information content (AvgIpc) is 3.09. The Bertz CT molecular complexity index is 1040. The number of nitrogens with one attached hydrogen (secondary N) is 5. The van der Waals surface area contributed by atoms with Gasteiger partial charge < -0.3 is 57.3 Å². The van der Waals surface area contributed by atoms with Gasteiger partial charge in [-0.3, -0.25) is 19.2 Å². The molecule has 1 aliphatic heterocycles. The molecule has 0 saturated carbocycles. The lowest BCUT2D eigenvalue weighted by molar-refractivity contribution is -0.174. The van der Waals surface area contributed by atoms with E-state index in [9.17, 15) is 52.7 Å². The van der Waals surface area contributed by atoms with Gasteiger partial charge in [-0.2, -0.15) is 13.2 Å². The van der Waals surface area contributed by atoms with Crippen molar-refractivity contribution in [2.45, 2.75) is 139 Å². The molecule has 0 radical (unpaired) electrons. The number of amides is 4. The number of ether oxygens (including phenoxy) is 1. The molecule has 52 heavy (non-hydrogen) atoms. The predicted molar refractivity (Wildman–Crippen MR) is 192 cm³/mol. The van der Waals surface area contributed by atoms with E-state index >= 15 is 0 Å². The van der Waals surface area contributed by atoms with Crippen LogP contribution in [-0.2, 0) is 23.9 Å². The molecule has 3 unspecified atom stereocenters. The summed E-state index contributed by atoms with van der Waals surface area (Å²) in [5.41, 5.74) is 5.42. The van der Waals surface area contributed by atoms with Crippen LogP contribution in [0.1, 0.15) is 89.9 Å². The molecule has 6 atom stereocenters. The number of hydrogen-bond acceptors (Lipinski definition) is 12. The van der Waals surface area contributed by atoms with Crippen molar-refractivity contribution in [3.63, 3.8) is 0 Å². The number of unbranched alkanes of at least 4 members (excludes halogenated alkanes) is 7. The van der Waals surface area contributed by atoms with Crippen molar-refractivity contribution in [1.29, 1.82) is 0 Å². The Labute approximate surface area is 309 Å². The molecular formula is C32H60BF3N6O9S. The standard InChI is InChI=1S/C32H60BF3N6O9S/c1-33(50)41-19-11-7-13-22(42-31(49)32(34,35)36)29(48)40-18-9-3-6-15-24(44)38-16-8-2-5-14-25(45)39-17-10-4-12-20-52-30-26(37)28(47)27(46)23(21-43)51-30/h22-23,26-28,30,41,43,46-47,50H,2-21,37H2,1H3,(H,38,44)(H,39,45)(H,40,48)(H,42,49)/t22?,23?,26?,27-,28+,30-/m0/s1. The van der Waals surface area contributed by atoms with E-state index in [0.717, 1.165) is 37.9 Å². The fraction of sp³-hybridized carbons (Fsp3) is 0.875. The average molecular weight is 773 g/mol. The normalized spacial score (nSPS) is 20.9. The van der Waals surface area contributed by atoms with Crippen molar-refractivity contribution >= 4 is 42.4 Å². The highest BCUT2D eigenvalue weighted by Crippen LogP contribution is 2.28. The van der Waals surface area contributed by atoms with Crippen molar-refractivity contribution in [2.24, 2.45) is 5.73 Å². The van der Waals surface area contributed by atoms with Crippen LogP contribution in [0.15, 0.2) is 0 Å². The molecule has 1 aliphatic rings. The van der Waals surface area contributed by atoms with Gasteiger partial charge in [0.05, 0.1) is 12.6 Å². The number of hydrogen-bond donors (Lipinski definition) is 10. The maximum Gasteiger partial charge on any atom is 0.471 e. The summed E-state index contributed by atoms with van der Waals surface area (Å²) in [6.07, 6.45) is -0.387. The van der Waals surface area contributed by atoms with Crippen molar-refractivity contribution in [1.82, 2.24) is 26.5 Å². The highest BCUT2D eigenvalue weighted by atomic mass is 32.2. The second-order valence-corrected chi connectivity index (χ2v) is 14.2. The van der Waals surface area contributed by atoms with Gasteiger partial charge in [0.2, 0.25) is 17.7 Å². The highest BCUT2D eigenvalue weighted by molar-refractivity contribution is 7.99. The molecule has 1 rings (SSSR count). The van der Waals surface area contributed by atoms with Gasteiger partial charge in [0.15, 0.2) is 0 Å². The SMILES string of the molecule is CB(O)NCCCCC(NC(=O)C(F)(F)F)C(=O)NCCCCCC(=O)NCCCCCC(=O)NCCCCCS[C@@H]1OC(CO)[C@H](O)[C@H](O)C1N. The lowest BCUT2D eigenvalue weighted by Crippen LogP contribution is -2.60. The summed E-state index contributed by atoms with van der Waals surface area (Å²) in [4.78, 5) is 48.0. The predicted octanol–water partition coefficient (Wildman–Crippen LogP) is 0.0429. The van der Waals surface area contributed by atoms with Crippen LogP contribution in [0, 0.1) is 0 Å². The minimum Gasteiger partial charge on any atom is -0.437 e. The molecule has 0 aromatic heterocycles. The minimum atomic E-state index is -5.11. The summed E-state index contributed by atoms with van der Waals surface area (Å²) >= 11 is 1.43. The Morgan fingerprint density at radius 1 is 0.808 bits per heavy atom. The summed E-state index contributed by atoms with van der Waals surface area (Å²) in [6.45, 7) is 2.77. The Balaban J connectivity index is 2.05. The van der Waals surface area contributed by atoms with Crippen LogP contribution in [0.4, 0.5) is 13.2 Å². The van der Waals surface area contributed by atoms with Gasteiger partial charge in [-0.15, -0.1) is 11.8 Å². The van der Waals surface area contributed by atoms with Crippen molar-refractivity contribution in [2.75, 3.05) is 38.5 Å². The van der Waals surface area contributed by atoms with Gasteiger partial charge in [0, 0.05) is 32.5 Å². The van der Waals surface area contributed by atoms with Crippen LogP contribution in [-0.4, -0.2) is 132 Å². The largest absolute Gasteiger partial charge is 0.471 e. The fourth-order valence-electron chi connectivity index (χ4n) is 5.29. The summed E-state index contributed by atoms with van der Waals surface area (Å²) in [5.74, 6) is -2.30. The van der Waals surface area contributed by atoms with E-state index in [1.54, 1.807) is 5.32 Å². The van der Waals surface area contributed by atoms with E-state index in [4.69, 9.17) is 10.5 Å². The number of aliphatic hydroxyl groups excluding tert-OH is 3. The first-order valence-corrected chi connectivity index (χ1v) is 19.3. The first-order valence-electron chi connectivity index (χ1n) is 18.3. The summed E-state index contributed by atoms with van der Waals surface area (Å²) < 4.78 is 43.8. The molecule has 1 fully saturated rings. The lowest BCUT2D eigenvalue weighted by Gasteiger charge is -2.40. The molecule has 20 heteroatoms. The molecule has 4 amide bonds. The molecule has 0 aromatic carbocycles. The quantitative estimate of drug-likeness (QED) is 0.0375. The highest BCUT2D eigenvalue weighted by Gasteiger charge is 2.42. The van der Waals surface area contributed by atoms with Gasteiger partial charge in [-0.05, 0) is 76.9 Å². The minimum absolute atomic E-state index is 0.00804. The molecule has 0 spiro atoms. The Kier molecular flexibility index (Phi) is 25.2. The zero-order valence-electron chi connectivity index (χ0n) is 30.1. The smallest absolute Gasteiger partial charge is 0.437 e. The number of halogens is 3. The van der Waals surface area contributed by atoms with Crippen LogP contribution < -0.4 is 32.2 Å². The van der Waals surface area contributed by atoms with Crippen LogP contribution >= 0.6 is 11.8 Å². The second-order valence-electron chi connectivity index (χ2n) is 13.0. The Morgan fingerprint density at radius 3 is 1.88 bits per heavy atom. The van der Waals surface area contributed by atoms with E-state index in [0.29, 0.717) is 71.0 Å². The van der Waals surface area contributed by atoms with Crippen LogP contribution in [0.2, 0.25) is 6.82 Å². The molecular weight excluding hydrogens is 712 g/mol. The van der Waals surface area contributed by atoms with E-state index in [2.05, 4.69) is 21.2 Å². The van der Waals surface area contributed by atoms with Crippen LogP contribution in [0.25, 0.3) is 0 Å². The first kappa shape index (κ1) is 47.8. The topological polar surface area (TPSA) is 245 Å².